The number of carboxylic acids is 1. The molecule has 0 saturated carbocycles. The molecule has 1 atom stereocenters. The summed E-state index contributed by atoms with van der Waals surface area (Å²) >= 11 is 3.34. The van der Waals surface area contributed by atoms with E-state index in [1.54, 1.807) is 17.0 Å². The van der Waals surface area contributed by atoms with Gasteiger partial charge in [0.05, 0.1) is 0 Å². The van der Waals surface area contributed by atoms with Gasteiger partial charge in [-0.1, -0.05) is 15.9 Å². The van der Waals surface area contributed by atoms with Crippen LogP contribution in [0.4, 0.5) is 0 Å². The smallest absolute Gasteiger partial charge is 0.303 e. The van der Waals surface area contributed by atoms with E-state index in [0.717, 1.165) is 10.9 Å². The number of hydrogen-bond acceptors (Lipinski definition) is 3. The lowest BCUT2D eigenvalue weighted by Gasteiger charge is -2.16. The predicted molar refractivity (Wildman–Crippen MR) is 81.2 cm³/mol. The summed E-state index contributed by atoms with van der Waals surface area (Å²) in [7, 11) is 0. The van der Waals surface area contributed by atoms with Gasteiger partial charge in [0.15, 0.2) is 6.61 Å². The van der Waals surface area contributed by atoms with Gasteiger partial charge in [0.1, 0.15) is 5.75 Å². The minimum Gasteiger partial charge on any atom is -0.484 e. The highest BCUT2D eigenvalue weighted by Gasteiger charge is 2.26. The number of aliphatic carboxylic acids is 1. The lowest BCUT2D eigenvalue weighted by atomic mass is 10.0. The minimum absolute atomic E-state index is 0.0211. The predicted octanol–water partition coefficient (Wildman–Crippen LogP) is 2.54. The summed E-state index contributed by atoms with van der Waals surface area (Å²) in [5.74, 6) is 0.125. The van der Waals surface area contributed by atoms with Gasteiger partial charge in [-0.05, 0) is 43.0 Å². The topological polar surface area (TPSA) is 66.8 Å². The van der Waals surface area contributed by atoms with Crippen molar-refractivity contribution in [3.05, 3.63) is 28.7 Å². The number of benzene rings is 1. The summed E-state index contributed by atoms with van der Waals surface area (Å²) in [5, 5.41) is 8.67. The Morgan fingerprint density at radius 1 is 1.33 bits per heavy atom. The Kier molecular flexibility index (Phi) is 5.61. The van der Waals surface area contributed by atoms with Crippen LogP contribution in [0.5, 0.6) is 5.75 Å². The number of hydrogen-bond donors (Lipinski definition) is 1. The van der Waals surface area contributed by atoms with Crippen molar-refractivity contribution in [3.63, 3.8) is 0 Å². The van der Waals surface area contributed by atoms with Crippen molar-refractivity contribution in [3.8, 4) is 5.75 Å². The molecular weight excluding hydrogens is 338 g/mol. The molecule has 1 saturated heterocycles. The number of carbonyl (C=O) groups excluding carboxylic acids is 1. The zero-order valence-electron chi connectivity index (χ0n) is 11.6. The van der Waals surface area contributed by atoms with Crippen LogP contribution in [0.1, 0.15) is 19.3 Å². The number of ether oxygens (including phenoxy) is 1. The van der Waals surface area contributed by atoms with E-state index in [9.17, 15) is 9.59 Å². The summed E-state index contributed by atoms with van der Waals surface area (Å²) in [4.78, 5) is 24.4. The first-order valence-electron chi connectivity index (χ1n) is 6.92. The molecule has 0 bridgehead atoms. The van der Waals surface area contributed by atoms with Crippen molar-refractivity contribution < 1.29 is 19.4 Å². The zero-order valence-corrected chi connectivity index (χ0v) is 13.2. The Balaban J connectivity index is 1.74. The van der Waals surface area contributed by atoms with E-state index in [-0.39, 0.29) is 24.9 Å². The molecule has 0 spiro atoms. The molecule has 6 heteroatoms. The SMILES string of the molecule is O=C(O)CCC1CCN(C(=O)COc2ccc(Br)cc2)C1. The van der Waals surface area contributed by atoms with Crippen LogP contribution in [0.25, 0.3) is 0 Å². The summed E-state index contributed by atoms with van der Waals surface area (Å²) < 4.78 is 6.42. The molecule has 1 aliphatic heterocycles. The number of amides is 1. The number of carboxylic acid groups (broad SMARTS) is 1. The van der Waals surface area contributed by atoms with Gasteiger partial charge in [-0.25, -0.2) is 0 Å². The fourth-order valence-electron chi connectivity index (χ4n) is 2.39. The van der Waals surface area contributed by atoms with Crippen LogP contribution in [0, 0.1) is 5.92 Å². The lowest BCUT2D eigenvalue weighted by molar-refractivity contribution is -0.137. The molecule has 0 radical (unpaired) electrons. The molecule has 2 rings (SSSR count). The van der Waals surface area contributed by atoms with Crippen LogP contribution in [0.15, 0.2) is 28.7 Å². The highest BCUT2D eigenvalue weighted by molar-refractivity contribution is 9.10. The van der Waals surface area contributed by atoms with Crippen LogP contribution in [-0.4, -0.2) is 41.6 Å². The minimum atomic E-state index is -0.779. The molecule has 1 N–H and O–H groups in total. The van der Waals surface area contributed by atoms with Gasteiger partial charge < -0.3 is 14.7 Å². The van der Waals surface area contributed by atoms with Crippen molar-refractivity contribution in [2.75, 3.05) is 19.7 Å². The fraction of sp³-hybridized carbons (Fsp3) is 0.467. The van der Waals surface area contributed by atoms with Crippen molar-refractivity contribution in [2.24, 2.45) is 5.92 Å². The quantitative estimate of drug-likeness (QED) is 0.851. The maximum atomic E-state index is 12.0. The normalized spacial score (nSPS) is 17.8. The first kappa shape index (κ1) is 15.8. The van der Waals surface area contributed by atoms with Crippen LogP contribution in [-0.2, 0) is 9.59 Å². The molecular formula is C15H18BrNO4. The standard InChI is InChI=1S/C15H18BrNO4/c16-12-2-4-13(5-3-12)21-10-14(18)17-8-7-11(9-17)1-6-15(19)20/h2-5,11H,1,6-10H2,(H,19,20). The molecule has 1 aromatic carbocycles. The average molecular weight is 356 g/mol. The Morgan fingerprint density at radius 3 is 2.71 bits per heavy atom. The third-order valence-corrected chi connectivity index (χ3v) is 4.11. The van der Waals surface area contributed by atoms with E-state index >= 15 is 0 Å². The molecule has 1 fully saturated rings. The van der Waals surface area contributed by atoms with Crippen molar-refractivity contribution in [1.82, 2.24) is 4.90 Å². The fourth-order valence-corrected chi connectivity index (χ4v) is 2.65. The number of halogens is 1. The van der Waals surface area contributed by atoms with E-state index in [0.29, 0.717) is 25.3 Å². The van der Waals surface area contributed by atoms with Gasteiger partial charge in [0, 0.05) is 24.0 Å². The van der Waals surface area contributed by atoms with Crippen LogP contribution in [0.2, 0.25) is 0 Å². The zero-order chi connectivity index (χ0) is 15.2. The van der Waals surface area contributed by atoms with E-state index in [4.69, 9.17) is 9.84 Å². The summed E-state index contributed by atoms with van der Waals surface area (Å²) in [5.41, 5.74) is 0. The second-order valence-corrected chi connectivity index (χ2v) is 6.09. The van der Waals surface area contributed by atoms with Crippen LogP contribution < -0.4 is 4.74 Å². The molecule has 114 valence electrons. The molecule has 21 heavy (non-hydrogen) atoms. The Bertz CT molecular complexity index is 503. The third kappa shape index (κ3) is 5.04. The largest absolute Gasteiger partial charge is 0.484 e. The van der Waals surface area contributed by atoms with Gasteiger partial charge in [-0.15, -0.1) is 0 Å². The summed E-state index contributed by atoms with van der Waals surface area (Å²) in [6, 6.07) is 7.32. The summed E-state index contributed by atoms with van der Waals surface area (Å²) in [6.07, 6.45) is 1.67. The Labute approximate surface area is 132 Å². The van der Waals surface area contributed by atoms with Crippen molar-refractivity contribution >= 4 is 27.8 Å². The molecule has 5 nitrogen and oxygen atoms in total. The number of nitrogens with zero attached hydrogens (tertiary/aromatic N) is 1. The van der Waals surface area contributed by atoms with Crippen LogP contribution in [0.3, 0.4) is 0 Å². The van der Waals surface area contributed by atoms with Gasteiger partial charge >= 0.3 is 5.97 Å². The van der Waals surface area contributed by atoms with E-state index in [1.807, 2.05) is 12.1 Å². The van der Waals surface area contributed by atoms with Crippen molar-refractivity contribution in [2.45, 2.75) is 19.3 Å². The average Bonchev–Trinajstić information content (AvgIpc) is 2.93. The van der Waals surface area contributed by atoms with E-state index in [1.165, 1.54) is 0 Å². The third-order valence-electron chi connectivity index (χ3n) is 3.58. The van der Waals surface area contributed by atoms with Gasteiger partial charge in [-0.2, -0.15) is 0 Å². The lowest BCUT2D eigenvalue weighted by Crippen LogP contribution is -2.33. The highest BCUT2D eigenvalue weighted by Crippen LogP contribution is 2.21. The Morgan fingerprint density at radius 2 is 2.05 bits per heavy atom. The molecule has 0 aromatic heterocycles. The molecule has 1 aliphatic rings. The van der Waals surface area contributed by atoms with E-state index in [2.05, 4.69) is 15.9 Å². The number of likely N-dealkylation sites (tertiary alicyclic amines) is 1. The molecule has 1 heterocycles. The molecule has 1 unspecified atom stereocenters. The highest BCUT2D eigenvalue weighted by atomic mass is 79.9. The number of rotatable bonds is 6. The second-order valence-electron chi connectivity index (χ2n) is 5.17. The monoisotopic (exact) mass is 355 g/mol. The van der Waals surface area contributed by atoms with E-state index < -0.39 is 5.97 Å². The van der Waals surface area contributed by atoms with Gasteiger partial charge in [0.25, 0.3) is 5.91 Å². The maximum Gasteiger partial charge on any atom is 0.303 e. The molecule has 0 aliphatic carbocycles. The Hall–Kier alpha value is -1.56. The second kappa shape index (κ2) is 7.45. The molecule has 1 aromatic rings. The maximum absolute atomic E-state index is 12.0. The number of carbonyl (C=O) groups is 2. The summed E-state index contributed by atoms with van der Waals surface area (Å²) in [6.45, 7) is 1.34. The first-order chi connectivity index (χ1) is 10.0. The van der Waals surface area contributed by atoms with Crippen molar-refractivity contribution in [1.29, 1.82) is 0 Å². The first-order valence-corrected chi connectivity index (χ1v) is 7.72. The van der Waals surface area contributed by atoms with Gasteiger partial charge in [0.2, 0.25) is 0 Å². The van der Waals surface area contributed by atoms with Gasteiger partial charge in [-0.3, -0.25) is 9.59 Å². The molecule has 1 amide bonds. The van der Waals surface area contributed by atoms with Crippen LogP contribution >= 0.6 is 15.9 Å².